The summed E-state index contributed by atoms with van der Waals surface area (Å²) in [4.78, 5) is 20.1. The van der Waals surface area contributed by atoms with E-state index in [1.54, 1.807) is 0 Å². The Morgan fingerprint density at radius 3 is 2.00 bits per heavy atom. The van der Waals surface area contributed by atoms with E-state index in [1.807, 2.05) is 48.5 Å². The highest BCUT2D eigenvalue weighted by molar-refractivity contribution is 5.79. The van der Waals surface area contributed by atoms with Crippen LogP contribution in [0.4, 0.5) is 4.79 Å². The highest BCUT2D eigenvalue weighted by Crippen LogP contribution is 2.45. The minimum Gasteiger partial charge on any atom is -0.419 e. The molecule has 1 aliphatic carbocycles. The lowest BCUT2D eigenvalue weighted by Crippen LogP contribution is -2.11. The second-order valence-corrected chi connectivity index (χ2v) is 4.17. The molecule has 0 bridgehead atoms. The van der Waals surface area contributed by atoms with Crippen molar-refractivity contribution in [2.75, 3.05) is 7.11 Å². The highest BCUT2D eigenvalue weighted by Gasteiger charge is 2.31. The van der Waals surface area contributed by atoms with Gasteiger partial charge >= 0.3 is 6.16 Å². The first-order valence-electron chi connectivity index (χ1n) is 5.91. The van der Waals surface area contributed by atoms with Crippen molar-refractivity contribution in [2.45, 2.75) is 6.10 Å². The fourth-order valence-electron chi connectivity index (χ4n) is 2.42. The summed E-state index contributed by atoms with van der Waals surface area (Å²) in [6.07, 6.45) is -1.30. The largest absolute Gasteiger partial charge is 0.541 e. The van der Waals surface area contributed by atoms with E-state index in [0.717, 1.165) is 22.3 Å². The maximum absolute atomic E-state index is 11.4. The maximum Gasteiger partial charge on any atom is 0.541 e. The van der Waals surface area contributed by atoms with Gasteiger partial charge < -0.3 is 4.74 Å². The molecular weight excluding hydrogens is 244 g/mol. The molecule has 1 aliphatic rings. The number of hydrogen-bond acceptors (Lipinski definition) is 4. The zero-order chi connectivity index (χ0) is 13.2. The van der Waals surface area contributed by atoms with Crippen molar-refractivity contribution in [1.29, 1.82) is 0 Å². The standard InChI is InChI=1S/C15H12O4/c1-17-19-15(16)18-14-12-8-4-2-6-10(12)11-7-3-5-9-13(11)14/h2-9,14H,1H3. The van der Waals surface area contributed by atoms with Gasteiger partial charge in [0.25, 0.3) is 0 Å². The van der Waals surface area contributed by atoms with E-state index < -0.39 is 12.3 Å². The van der Waals surface area contributed by atoms with Crippen molar-refractivity contribution in [3.05, 3.63) is 59.7 Å². The van der Waals surface area contributed by atoms with Crippen molar-refractivity contribution in [1.82, 2.24) is 0 Å². The van der Waals surface area contributed by atoms with Crippen LogP contribution in [0.3, 0.4) is 0 Å². The van der Waals surface area contributed by atoms with Crippen LogP contribution in [0.25, 0.3) is 11.1 Å². The predicted molar refractivity (Wildman–Crippen MR) is 68.3 cm³/mol. The SMILES string of the molecule is COOC(=O)OC1c2ccccc2-c2ccccc21. The van der Waals surface area contributed by atoms with Crippen LogP contribution in [0, 0.1) is 0 Å². The van der Waals surface area contributed by atoms with Crippen LogP contribution in [0.2, 0.25) is 0 Å². The number of carbonyl (C=O) groups excluding carboxylic acids is 1. The minimum absolute atomic E-state index is 0.449. The van der Waals surface area contributed by atoms with E-state index in [0.29, 0.717) is 0 Å². The lowest BCUT2D eigenvalue weighted by molar-refractivity contribution is -0.234. The van der Waals surface area contributed by atoms with E-state index in [1.165, 1.54) is 7.11 Å². The third-order valence-electron chi connectivity index (χ3n) is 3.14. The van der Waals surface area contributed by atoms with Gasteiger partial charge in [0, 0.05) is 11.1 Å². The minimum atomic E-state index is -0.848. The lowest BCUT2D eigenvalue weighted by Gasteiger charge is -2.13. The molecule has 0 unspecified atom stereocenters. The molecule has 0 saturated carbocycles. The summed E-state index contributed by atoms with van der Waals surface area (Å²) in [5.41, 5.74) is 4.06. The van der Waals surface area contributed by atoms with Crippen molar-refractivity contribution >= 4 is 6.16 Å². The van der Waals surface area contributed by atoms with Gasteiger partial charge in [0.1, 0.15) is 0 Å². The molecule has 0 atom stereocenters. The van der Waals surface area contributed by atoms with E-state index in [2.05, 4.69) is 9.78 Å². The number of carbonyl (C=O) groups is 1. The molecule has 0 fully saturated rings. The summed E-state index contributed by atoms with van der Waals surface area (Å²) in [6, 6.07) is 15.7. The van der Waals surface area contributed by atoms with Crippen LogP contribution in [0.1, 0.15) is 17.2 Å². The summed E-state index contributed by atoms with van der Waals surface area (Å²) in [7, 11) is 1.26. The second-order valence-electron chi connectivity index (χ2n) is 4.17. The third-order valence-corrected chi connectivity index (χ3v) is 3.14. The first kappa shape index (κ1) is 11.7. The summed E-state index contributed by atoms with van der Waals surface area (Å²) in [5, 5.41) is 0. The van der Waals surface area contributed by atoms with Crippen LogP contribution in [-0.2, 0) is 14.5 Å². The van der Waals surface area contributed by atoms with Crippen molar-refractivity contribution in [3.63, 3.8) is 0 Å². The topological polar surface area (TPSA) is 44.8 Å². The first-order valence-corrected chi connectivity index (χ1v) is 5.91. The van der Waals surface area contributed by atoms with Crippen LogP contribution in [0.5, 0.6) is 0 Å². The van der Waals surface area contributed by atoms with Gasteiger partial charge in [-0.15, -0.1) is 0 Å². The van der Waals surface area contributed by atoms with Gasteiger partial charge in [0.2, 0.25) is 0 Å². The van der Waals surface area contributed by atoms with E-state index in [-0.39, 0.29) is 0 Å². The van der Waals surface area contributed by atoms with Crippen molar-refractivity contribution in [3.8, 4) is 11.1 Å². The lowest BCUT2D eigenvalue weighted by atomic mass is 10.1. The molecule has 0 aromatic heterocycles. The van der Waals surface area contributed by atoms with Crippen LogP contribution in [0.15, 0.2) is 48.5 Å². The van der Waals surface area contributed by atoms with Gasteiger partial charge in [-0.3, -0.25) is 4.89 Å². The Kier molecular flexibility index (Phi) is 2.93. The van der Waals surface area contributed by atoms with Crippen LogP contribution in [-0.4, -0.2) is 13.3 Å². The molecule has 3 rings (SSSR count). The van der Waals surface area contributed by atoms with E-state index in [9.17, 15) is 4.79 Å². The van der Waals surface area contributed by atoms with Gasteiger partial charge in [0.15, 0.2) is 6.10 Å². The number of ether oxygens (including phenoxy) is 1. The van der Waals surface area contributed by atoms with Crippen LogP contribution < -0.4 is 0 Å². The van der Waals surface area contributed by atoms with E-state index >= 15 is 0 Å². The molecule has 0 radical (unpaired) electrons. The fourth-order valence-corrected chi connectivity index (χ4v) is 2.42. The van der Waals surface area contributed by atoms with E-state index in [4.69, 9.17) is 4.74 Å². The molecule has 19 heavy (non-hydrogen) atoms. The molecule has 2 aromatic carbocycles. The van der Waals surface area contributed by atoms with Gasteiger partial charge in [-0.1, -0.05) is 48.5 Å². The summed E-state index contributed by atoms with van der Waals surface area (Å²) in [5.74, 6) is 0. The summed E-state index contributed by atoms with van der Waals surface area (Å²) >= 11 is 0. The molecule has 96 valence electrons. The fraction of sp³-hybridized carbons (Fsp3) is 0.133. The zero-order valence-corrected chi connectivity index (χ0v) is 10.3. The molecule has 2 aromatic rings. The Hall–Kier alpha value is -2.33. The molecule has 0 aliphatic heterocycles. The Balaban J connectivity index is 2.02. The monoisotopic (exact) mass is 256 g/mol. The molecule has 0 spiro atoms. The molecule has 0 saturated heterocycles. The molecule has 4 heteroatoms. The molecule has 4 nitrogen and oxygen atoms in total. The van der Waals surface area contributed by atoms with Gasteiger partial charge in [-0.05, 0) is 11.1 Å². The van der Waals surface area contributed by atoms with Crippen molar-refractivity contribution < 1.29 is 19.3 Å². The molecule has 0 amide bonds. The first-order chi connectivity index (χ1) is 9.31. The third kappa shape index (κ3) is 1.96. The van der Waals surface area contributed by atoms with Crippen LogP contribution >= 0.6 is 0 Å². The predicted octanol–water partition coefficient (Wildman–Crippen LogP) is 3.47. The molecule has 0 heterocycles. The van der Waals surface area contributed by atoms with Gasteiger partial charge in [-0.25, -0.2) is 4.79 Å². The smallest absolute Gasteiger partial charge is 0.419 e. The Morgan fingerprint density at radius 2 is 1.47 bits per heavy atom. The number of benzene rings is 2. The summed E-state index contributed by atoms with van der Waals surface area (Å²) in [6.45, 7) is 0. The molecule has 0 N–H and O–H groups in total. The maximum atomic E-state index is 11.4. The van der Waals surface area contributed by atoms with Gasteiger partial charge in [0.05, 0.1) is 7.11 Å². The highest BCUT2D eigenvalue weighted by atomic mass is 17.2. The Morgan fingerprint density at radius 1 is 0.947 bits per heavy atom. The van der Waals surface area contributed by atoms with Gasteiger partial charge in [-0.2, -0.15) is 4.89 Å². The summed E-state index contributed by atoms with van der Waals surface area (Å²) < 4.78 is 5.32. The quantitative estimate of drug-likeness (QED) is 0.469. The second kappa shape index (κ2) is 4.74. The normalized spacial score (nSPS) is 12.7. The number of rotatable bonds is 2. The Bertz CT molecular complexity index is 576. The Labute approximate surface area is 110 Å². The number of hydrogen-bond donors (Lipinski definition) is 0. The average molecular weight is 256 g/mol. The molecular formula is C15H12O4. The average Bonchev–Trinajstić information content (AvgIpc) is 2.75. The van der Waals surface area contributed by atoms with Crippen molar-refractivity contribution in [2.24, 2.45) is 0 Å². The number of fused-ring (bicyclic) bond motifs is 3. The zero-order valence-electron chi connectivity index (χ0n) is 10.3.